The highest BCUT2D eigenvalue weighted by Gasteiger charge is 2.19. The van der Waals surface area contributed by atoms with Crippen LogP contribution in [-0.2, 0) is 28.6 Å². The average Bonchev–Trinajstić information content (AvgIpc) is 3.44. The molecule has 0 aromatic heterocycles. The van der Waals surface area contributed by atoms with Crippen molar-refractivity contribution < 1.29 is 28.6 Å². The van der Waals surface area contributed by atoms with E-state index in [9.17, 15) is 14.4 Å². The summed E-state index contributed by atoms with van der Waals surface area (Å²) in [4.78, 5) is 38.4. The Balaban J connectivity index is 4.41. The van der Waals surface area contributed by atoms with Crippen LogP contribution in [0.5, 0.6) is 0 Å². The molecule has 6 nitrogen and oxygen atoms in total. The molecule has 78 heavy (non-hydrogen) atoms. The fraction of sp³-hybridized carbons (Fsp3) is 0.764. The van der Waals surface area contributed by atoms with Gasteiger partial charge in [-0.1, -0.05) is 305 Å². The molecule has 0 N–H and O–H groups in total. The second-order valence-corrected chi connectivity index (χ2v) is 22.4. The number of unbranched alkanes of at least 4 members (excludes halogenated alkanes) is 36. The number of esters is 3. The Morgan fingerprint density at radius 3 is 0.795 bits per heavy atom. The smallest absolute Gasteiger partial charge is 0.306 e. The molecular formula is C72H126O6. The van der Waals surface area contributed by atoms with Gasteiger partial charge >= 0.3 is 17.9 Å². The standard InChI is InChI=1S/C72H126O6/c1-4-7-10-13-16-19-22-25-28-31-33-35-36-38-39-41-44-47-50-53-56-59-62-65-71(74)77-68-69(67-76-70(73)64-61-58-55-52-49-46-43-30-27-24-21-18-15-12-9-6-3)78-72(75)66-63-60-57-54-51-48-45-42-40-37-34-32-29-26-23-20-17-14-11-8-5-2/h7,10,16,19,25,28,32-35,38-39,44,47,69H,4-6,8-9,11-15,17-18,20-24,26-27,29-31,36-37,40-43,45-46,48-68H2,1-3H3/b10-7-,19-16-,28-25-,34-32-,35-33-,39-38-,47-44-. The van der Waals surface area contributed by atoms with Gasteiger partial charge < -0.3 is 14.2 Å². The largest absolute Gasteiger partial charge is 0.462 e. The van der Waals surface area contributed by atoms with Crippen molar-refractivity contribution in [1.29, 1.82) is 0 Å². The number of rotatable bonds is 61. The van der Waals surface area contributed by atoms with Crippen LogP contribution < -0.4 is 0 Å². The van der Waals surface area contributed by atoms with E-state index in [1.165, 1.54) is 186 Å². The number of hydrogen-bond acceptors (Lipinski definition) is 6. The van der Waals surface area contributed by atoms with Crippen LogP contribution in [0, 0.1) is 0 Å². The zero-order valence-corrected chi connectivity index (χ0v) is 51.7. The Morgan fingerprint density at radius 2 is 0.500 bits per heavy atom. The highest BCUT2D eigenvalue weighted by atomic mass is 16.6. The van der Waals surface area contributed by atoms with Gasteiger partial charge in [-0.05, 0) is 96.3 Å². The van der Waals surface area contributed by atoms with Gasteiger partial charge in [0.05, 0.1) is 0 Å². The lowest BCUT2D eigenvalue weighted by molar-refractivity contribution is -0.167. The van der Waals surface area contributed by atoms with Crippen molar-refractivity contribution in [2.45, 2.75) is 341 Å². The molecule has 0 spiro atoms. The summed E-state index contributed by atoms with van der Waals surface area (Å²) in [5.41, 5.74) is 0. The quantitative estimate of drug-likeness (QED) is 0.0261. The topological polar surface area (TPSA) is 78.9 Å². The van der Waals surface area contributed by atoms with Gasteiger partial charge in [0, 0.05) is 19.3 Å². The van der Waals surface area contributed by atoms with E-state index in [0.29, 0.717) is 19.3 Å². The van der Waals surface area contributed by atoms with Crippen LogP contribution >= 0.6 is 0 Å². The highest BCUT2D eigenvalue weighted by molar-refractivity contribution is 5.71. The van der Waals surface area contributed by atoms with Gasteiger partial charge in [-0.2, -0.15) is 0 Å². The predicted octanol–water partition coefficient (Wildman–Crippen LogP) is 23.1. The molecule has 0 saturated carbocycles. The van der Waals surface area contributed by atoms with E-state index in [-0.39, 0.29) is 31.1 Å². The minimum Gasteiger partial charge on any atom is -0.462 e. The molecule has 1 atom stereocenters. The van der Waals surface area contributed by atoms with Gasteiger partial charge in [-0.25, -0.2) is 0 Å². The summed E-state index contributed by atoms with van der Waals surface area (Å²) in [6.45, 7) is 6.55. The van der Waals surface area contributed by atoms with Crippen LogP contribution in [0.25, 0.3) is 0 Å². The minimum atomic E-state index is -0.789. The van der Waals surface area contributed by atoms with E-state index >= 15 is 0 Å². The van der Waals surface area contributed by atoms with Gasteiger partial charge in [0.25, 0.3) is 0 Å². The second kappa shape index (κ2) is 66.1. The summed E-state index contributed by atoms with van der Waals surface area (Å²) < 4.78 is 17.0. The molecule has 0 rings (SSSR count). The van der Waals surface area contributed by atoms with Crippen molar-refractivity contribution in [3.63, 3.8) is 0 Å². The van der Waals surface area contributed by atoms with Crippen molar-refractivity contribution in [3.8, 4) is 0 Å². The van der Waals surface area contributed by atoms with Crippen molar-refractivity contribution >= 4 is 17.9 Å². The number of carbonyl (C=O) groups is 3. The monoisotopic (exact) mass is 1090 g/mol. The molecule has 0 aliphatic heterocycles. The van der Waals surface area contributed by atoms with E-state index in [2.05, 4.69) is 106 Å². The summed E-state index contributed by atoms with van der Waals surface area (Å²) >= 11 is 0. The van der Waals surface area contributed by atoms with Crippen molar-refractivity contribution in [2.75, 3.05) is 13.2 Å². The lowest BCUT2D eigenvalue weighted by atomic mass is 10.0. The number of hydrogen-bond donors (Lipinski definition) is 0. The first kappa shape index (κ1) is 74.6. The van der Waals surface area contributed by atoms with Gasteiger partial charge in [0.2, 0.25) is 0 Å². The normalized spacial score (nSPS) is 12.6. The Labute approximate surface area is 484 Å². The highest BCUT2D eigenvalue weighted by Crippen LogP contribution is 2.17. The van der Waals surface area contributed by atoms with Crippen molar-refractivity contribution in [1.82, 2.24) is 0 Å². The summed E-state index contributed by atoms with van der Waals surface area (Å²) in [5.74, 6) is -0.893. The summed E-state index contributed by atoms with van der Waals surface area (Å²) in [6, 6.07) is 0. The van der Waals surface area contributed by atoms with Crippen molar-refractivity contribution in [3.05, 3.63) is 85.1 Å². The SMILES string of the molecule is CC/C=C\C/C=C\C/C=C\C/C=C\C/C=C\C/C=C\CCCCCCC(=O)OCC(COC(=O)CCCCCCCCCCCCCCCCCC)OC(=O)CCCCCCCCCCC/C=C\CCCCCCCCCC. The van der Waals surface area contributed by atoms with Crippen molar-refractivity contribution in [2.24, 2.45) is 0 Å². The molecule has 0 fully saturated rings. The maximum Gasteiger partial charge on any atom is 0.306 e. The first-order valence-corrected chi connectivity index (χ1v) is 33.6. The summed E-state index contributed by atoms with van der Waals surface area (Å²) in [5, 5.41) is 0. The first-order valence-electron chi connectivity index (χ1n) is 33.6. The fourth-order valence-electron chi connectivity index (χ4n) is 9.62. The van der Waals surface area contributed by atoms with Gasteiger partial charge in [-0.3, -0.25) is 14.4 Å². The Hall–Kier alpha value is -3.41. The second-order valence-electron chi connectivity index (χ2n) is 22.4. The predicted molar refractivity (Wildman–Crippen MR) is 339 cm³/mol. The average molecular weight is 1090 g/mol. The summed E-state index contributed by atoms with van der Waals surface area (Å²) in [7, 11) is 0. The molecule has 0 aromatic carbocycles. The molecule has 0 radical (unpaired) electrons. The van der Waals surface area contributed by atoms with Crippen LogP contribution in [0.15, 0.2) is 85.1 Å². The van der Waals surface area contributed by atoms with E-state index in [1.54, 1.807) is 0 Å². The van der Waals surface area contributed by atoms with Gasteiger partial charge in [0.15, 0.2) is 6.10 Å². The molecule has 0 aliphatic rings. The maximum atomic E-state index is 12.9. The zero-order chi connectivity index (χ0) is 56.4. The first-order chi connectivity index (χ1) is 38.5. The summed E-state index contributed by atoms with van der Waals surface area (Å²) in [6.07, 6.45) is 87.3. The molecule has 0 amide bonds. The Morgan fingerprint density at radius 1 is 0.269 bits per heavy atom. The van der Waals surface area contributed by atoms with Crippen LogP contribution in [0.3, 0.4) is 0 Å². The Bertz CT molecular complexity index is 1480. The molecule has 6 heteroatoms. The number of ether oxygens (including phenoxy) is 3. The number of carbonyl (C=O) groups excluding carboxylic acids is 3. The molecule has 450 valence electrons. The molecule has 0 aromatic rings. The maximum absolute atomic E-state index is 12.9. The Kier molecular flexibility index (Phi) is 63.2. The molecule has 1 unspecified atom stereocenters. The van der Waals surface area contributed by atoms with Crippen LogP contribution in [-0.4, -0.2) is 37.2 Å². The molecule has 0 bridgehead atoms. The van der Waals surface area contributed by atoms with E-state index in [4.69, 9.17) is 14.2 Å². The lowest BCUT2D eigenvalue weighted by Gasteiger charge is -2.18. The third-order valence-electron chi connectivity index (χ3n) is 14.6. The third-order valence-corrected chi connectivity index (χ3v) is 14.6. The lowest BCUT2D eigenvalue weighted by Crippen LogP contribution is -2.30. The van der Waals surface area contributed by atoms with E-state index < -0.39 is 6.10 Å². The van der Waals surface area contributed by atoms with Gasteiger partial charge in [0.1, 0.15) is 13.2 Å². The molecule has 0 heterocycles. The van der Waals surface area contributed by atoms with E-state index in [1.807, 2.05) is 0 Å². The van der Waals surface area contributed by atoms with Crippen LogP contribution in [0.2, 0.25) is 0 Å². The van der Waals surface area contributed by atoms with Gasteiger partial charge in [-0.15, -0.1) is 0 Å². The van der Waals surface area contributed by atoms with E-state index in [0.717, 1.165) is 109 Å². The molecule has 0 aliphatic carbocycles. The fourth-order valence-corrected chi connectivity index (χ4v) is 9.62. The zero-order valence-electron chi connectivity index (χ0n) is 51.7. The molecular weight excluding hydrogens is 961 g/mol. The third kappa shape index (κ3) is 63.4. The van der Waals surface area contributed by atoms with Crippen LogP contribution in [0.4, 0.5) is 0 Å². The number of allylic oxidation sites excluding steroid dienone is 14. The minimum absolute atomic E-state index is 0.0824. The molecule has 0 saturated heterocycles. The van der Waals surface area contributed by atoms with Crippen LogP contribution in [0.1, 0.15) is 335 Å².